The molecule has 0 radical (unpaired) electrons. The third-order valence-electron chi connectivity index (χ3n) is 15.8. The van der Waals surface area contributed by atoms with Gasteiger partial charge in [-0.15, -0.1) is 0 Å². The largest absolute Gasteiger partial charge is 0.462 e. The summed E-state index contributed by atoms with van der Waals surface area (Å²) in [6.07, 6.45) is 88.2. The Morgan fingerprint density at radius 3 is 0.762 bits per heavy atom. The van der Waals surface area contributed by atoms with Gasteiger partial charge in [0, 0.05) is 19.3 Å². The lowest BCUT2D eigenvalue weighted by Crippen LogP contribution is -2.30. The van der Waals surface area contributed by atoms with Crippen LogP contribution < -0.4 is 0 Å². The number of allylic oxidation sites excluding steroid dienone is 10. The first-order chi connectivity index (χ1) is 39.5. The molecule has 0 rings (SSSR count). The van der Waals surface area contributed by atoms with Crippen molar-refractivity contribution >= 4 is 17.9 Å². The maximum Gasteiger partial charge on any atom is 0.306 e. The molecule has 0 aliphatic heterocycles. The van der Waals surface area contributed by atoms with E-state index in [1.54, 1.807) is 0 Å². The van der Waals surface area contributed by atoms with Crippen LogP contribution in [0.3, 0.4) is 0 Å². The molecule has 6 heteroatoms. The zero-order chi connectivity index (χ0) is 57.8. The van der Waals surface area contributed by atoms with E-state index in [0.717, 1.165) is 89.9 Å². The summed E-state index contributed by atoms with van der Waals surface area (Å²) in [4.78, 5) is 38.4. The average molecular weight is 1120 g/mol. The number of hydrogen-bond acceptors (Lipinski definition) is 6. The number of carbonyl (C=O) groups excluding carboxylic acids is 3. The quantitative estimate of drug-likeness (QED) is 0.0261. The first-order valence-corrected chi connectivity index (χ1v) is 35.3. The summed E-state index contributed by atoms with van der Waals surface area (Å²) in [5.74, 6) is -0.839. The van der Waals surface area contributed by atoms with Crippen LogP contribution in [0.4, 0.5) is 0 Å². The number of hydrogen-bond donors (Lipinski definition) is 0. The molecule has 0 aliphatic rings. The van der Waals surface area contributed by atoms with Gasteiger partial charge in [0.2, 0.25) is 0 Å². The van der Waals surface area contributed by atoms with Crippen LogP contribution in [-0.4, -0.2) is 37.2 Å². The molecular weight excluding hydrogens is 985 g/mol. The first kappa shape index (κ1) is 77.1. The minimum atomic E-state index is -0.770. The second-order valence-electron chi connectivity index (χ2n) is 23.8. The van der Waals surface area contributed by atoms with E-state index >= 15 is 0 Å². The molecule has 0 aliphatic carbocycles. The molecule has 80 heavy (non-hydrogen) atoms. The van der Waals surface area contributed by atoms with Crippen molar-refractivity contribution in [3.8, 4) is 0 Å². The third-order valence-corrected chi connectivity index (χ3v) is 15.8. The first-order valence-electron chi connectivity index (χ1n) is 35.3. The van der Waals surface area contributed by atoms with Crippen molar-refractivity contribution in [3.05, 3.63) is 60.8 Å². The summed E-state index contributed by atoms with van der Waals surface area (Å²) in [6, 6.07) is 0. The van der Waals surface area contributed by atoms with Crippen molar-refractivity contribution in [1.82, 2.24) is 0 Å². The van der Waals surface area contributed by atoms with E-state index in [4.69, 9.17) is 14.2 Å². The van der Waals surface area contributed by atoms with E-state index in [9.17, 15) is 14.4 Å². The summed E-state index contributed by atoms with van der Waals surface area (Å²) in [6.45, 7) is 6.59. The van der Waals surface area contributed by atoms with Gasteiger partial charge >= 0.3 is 17.9 Å². The smallest absolute Gasteiger partial charge is 0.306 e. The second-order valence-corrected chi connectivity index (χ2v) is 23.8. The molecule has 466 valence electrons. The fraction of sp³-hybridized carbons (Fsp3) is 0.824. The molecule has 0 amide bonds. The number of rotatable bonds is 65. The highest BCUT2D eigenvalue weighted by atomic mass is 16.6. The zero-order valence-corrected chi connectivity index (χ0v) is 53.6. The summed E-state index contributed by atoms with van der Waals surface area (Å²) in [5.41, 5.74) is 0. The highest BCUT2D eigenvalue weighted by Crippen LogP contribution is 2.18. The Bertz CT molecular complexity index is 1430. The SMILES string of the molecule is CC/C=C\C/C=C\C/C=C\C/C=C\C/C=C\CCCCCCCCCCCCCCCCCC(=O)OCC(COC(=O)CCCCCCCCCCCCCCC)OC(=O)CCCCCCCCCCCCCCCCCCCC. The molecule has 0 saturated carbocycles. The fourth-order valence-corrected chi connectivity index (χ4v) is 10.5. The van der Waals surface area contributed by atoms with E-state index in [-0.39, 0.29) is 31.1 Å². The molecule has 0 aromatic rings. The molecule has 1 unspecified atom stereocenters. The predicted molar refractivity (Wildman–Crippen MR) is 348 cm³/mol. The van der Waals surface area contributed by atoms with Crippen LogP contribution in [0.15, 0.2) is 60.8 Å². The molecule has 0 N–H and O–H groups in total. The summed E-state index contributed by atoms with van der Waals surface area (Å²) in [7, 11) is 0. The lowest BCUT2D eigenvalue weighted by molar-refractivity contribution is -0.167. The van der Waals surface area contributed by atoms with Gasteiger partial charge < -0.3 is 14.2 Å². The van der Waals surface area contributed by atoms with Gasteiger partial charge in [-0.1, -0.05) is 351 Å². The van der Waals surface area contributed by atoms with Crippen LogP contribution in [0.25, 0.3) is 0 Å². The fourth-order valence-electron chi connectivity index (χ4n) is 10.5. The number of esters is 3. The number of unbranched alkanes of at least 4 members (excludes halogenated alkanes) is 44. The second kappa shape index (κ2) is 68.6. The van der Waals surface area contributed by atoms with Gasteiger partial charge in [0.15, 0.2) is 6.10 Å². The lowest BCUT2D eigenvalue weighted by atomic mass is 10.0. The van der Waals surface area contributed by atoms with Crippen molar-refractivity contribution < 1.29 is 28.6 Å². The Hall–Kier alpha value is -2.89. The van der Waals surface area contributed by atoms with Gasteiger partial charge in [0.25, 0.3) is 0 Å². The normalized spacial score (nSPS) is 12.4. The van der Waals surface area contributed by atoms with Crippen molar-refractivity contribution in [2.75, 3.05) is 13.2 Å². The Morgan fingerprint density at radius 1 is 0.263 bits per heavy atom. The molecule has 0 heterocycles. The van der Waals surface area contributed by atoms with Crippen molar-refractivity contribution in [1.29, 1.82) is 0 Å². The predicted octanol–water partition coefficient (Wildman–Crippen LogP) is 24.3. The van der Waals surface area contributed by atoms with Crippen molar-refractivity contribution in [2.24, 2.45) is 0 Å². The summed E-state index contributed by atoms with van der Waals surface area (Å²) < 4.78 is 17.0. The van der Waals surface area contributed by atoms with E-state index in [1.807, 2.05) is 0 Å². The molecule has 1 atom stereocenters. The Morgan fingerprint density at radius 2 is 0.487 bits per heavy atom. The molecule has 0 spiro atoms. The molecule has 0 aromatic carbocycles. The van der Waals surface area contributed by atoms with E-state index < -0.39 is 6.10 Å². The van der Waals surface area contributed by atoms with Crippen LogP contribution in [0.2, 0.25) is 0 Å². The van der Waals surface area contributed by atoms with Crippen LogP contribution in [-0.2, 0) is 28.6 Å². The molecular formula is C74H134O6. The molecule has 0 bridgehead atoms. The van der Waals surface area contributed by atoms with E-state index in [2.05, 4.69) is 81.5 Å². The van der Waals surface area contributed by atoms with Crippen LogP contribution in [0, 0.1) is 0 Å². The Labute approximate surface area is 498 Å². The highest BCUT2D eigenvalue weighted by molar-refractivity contribution is 5.71. The highest BCUT2D eigenvalue weighted by Gasteiger charge is 2.19. The minimum absolute atomic E-state index is 0.0666. The standard InChI is InChI=1S/C74H134O6/c1-4-7-10-13-16-19-22-25-27-29-31-32-33-34-35-36-37-38-39-40-41-42-43-45-46-49-52-55-58-61-64-67-73(76)79-70-71(69-78-72(75)66-63-60-57-54-51-48-24-21-18-15-12-9-6-3)80-74(77)68-65-62-59-56-53-50-47-44-30-28-26-23-20-17-14-11-8-5-2/h7,10,16,19,25,27,31-32,34-35,71H,4-6,8-9,11-15,17-18,20-24,26,28-30,33,36-70H2,1-3H3/b10-7-,19-16-,27-25-,32-31-,35-34-. The monoisotopic (exact) mass is 1120 g/mol. The van der Waals surface area contributed by atoms with Gasteiger partial charge in [-0.2, -0.15) is 0 Å². The lowest BCUT2D eigenvalue weighted by Gasteiger charge is -2.18. The molecule has 0 aromatic heterocycles. The van der Waals surface area contributed by atoms with Crippen molar-refractivity contribution in [3.63, 3.8) is 0 Å². The molecule has 0 fully saturated rings. The van der Waals surface area contributed by atoms with Gasteiger partial charge in [-0.3, -0.25) is 14.4 Å². The molecule has 6 nitrogen and oxygen atoms in total. The van der Waals surface area contributed by atoms with Crippen LogP contribution in [0.1, 0.15) is 374 Å². The topological polar surface area (TPSA) is 78.9 Å². The molecule has 0 saturated heterocycles. The van der Waals surface area contributed by atoms with Crippen molar-refractivity contribution in [2.45, 2.75) is 380 Å². The number of carbonyl (C=O) groups is 3. The van der Waals surface area contributed by atoms with E-state index in [0.29, 0.717) is 19.3 Å². The maximum absolute atomic E-state index is 12.9. The van der Waals surface area contributed by atoms with Gasteiger partial charge in [-0.05, 0) is 64.2 Å². The number of ether oxygens (including phenoxy) is 3. The van der Waals surface area contributed by atoms with Gasteiger partial charge in [0.1, 0.15) is 13.2 Å². The van der Waals surface area contributed by atoms with Gasteiger partial charge in [-0.25, -0.2) is 0 Å². The average Bonchev–Trinajstić information content (AvgIpc) is 3.46. The Kier molecular flexibility index (Phi) is 66.1. The minimum Gasteiger partial charge on any atom is -0.462 e. The van der Waals surface area contributed by atoms with E-state index in [1.165, 1.54) is 244 Å². The van der Waals surface area contributed by atoms with Gasteiger partial charge in [0.05, 0.1) is 0 Å². The summed E-state index contributed by atoms with van der Waals surface area (Å²) >= 11 is 0. The van der Waals surface area contributed by atoms with Crippen LogP contribution in [0.5, 0.6) is 0 Å². The zero-order valence-electron chi connectivity index (χ0n) is 53.6. The summed E-state index contributed by atoms with van der Waals surface area (Å²) in [5, 5.41) is 0. The Balaban J connectivity index is 4.18. The third kappa shape index (κ3) is 65.9. The van der Waals surface area contributed by atoms with Crippen LogP contribution >= 0.6 is 0 Å². The maximum atomic E-state index is 12.9.